The molecule has 3 rings (SSSR count). The van der Waals surface area contributed by atoms with Gasteiger partial charge in [0.05, 0.1) is 6.10 Å². The quantitative estimate of drug-likeness (QED) is 0.808. The first-order valence-electron chi connectivity index (χ1n) is 9.08. The summed E-state index contributed by atoms with van der Waals surface area (Å²) in [4.78, 5) is 2.42. The molecule has 0 saturated heterocycles. The molecular weight excluding hydrogens is 314 g/mol. The second kappa shape index (κ2) is 8.88. The normalized spacial score (nSPS) is 20.6. The lowest BCUT2D eigenvalue weighted by atomic mass is 9.91. The number of hydrogen-bond donors (Lipinski definition) is 2. The molecule has 4 heteroatoms. The van der Waals surface area contributed by atoms with Crippen LogP contribution in [-0.4, -0.2) is 40.4 Å². The van der Waals surface area contributed by atoms with E-state index in [1.165, 1.54) is 0 Å². The average molecular weight is 341 g/mol. The van der Waals surface area contributed by atoms with Crippen molar-refractivity contribution in [1.29, 1.82) is 0 Å². The van der Waals surface area contributed by atoms with Crippen LogP contribution in [0.25, 0.3) is 0 Å². The third-order valence-electron chi connectivity index (χ3n) is 4.87. The molecule has 0 spiro atoms. The highest BCUT2D eigenvalue weighted by Gasteiger charge is 2.25. The average Bonchev–Trinajstić information content (AvgIpc) is 2.63. The molecule has 1 aliphatic carbocycles. The Balaban J connectivity index is 1.61. The molecule has 134 valence electrons. The molecule has 0 amide bonds. The molecule has 1 aliphatic rings. The van der Waals surface area contributed by atoms with Gasteiger partial charge in [0.15, 0.2) is 0 Å². The zero-order valence-corrected chi connectivity index (χ0v) is 14.6. The molecular formula is C21H27NO3. The van der Waals surface area contributed by atoms with Crippen molar-refractivity contribution in [3.05, 3.63) is 60.2 Å². The van der Waals surface area contributed by atoms with Gasteiger partial charge in [-0.05, 0) is 55.5 Å². The van der Waals surface area contributed by atoms with Gasteiger partial charge in [0.25, 0.3) is 0 Å². The topological polar surface area (TPSA) is 52.9 Å². The summed E-state index contributed by atoms with van der Waals surface area (Å²) < 4.78 is 5.87. The maximum absolute atomic E-state index is 9.78. The Kier molecular flexibility index (Phi) is 6.31. The first-order chi connectivity index (χ1) is 12.2. The van der Waals surface area contributed by atoms with Crippen molar-refractivity contribution in [2.75, 3.05) is 13.2 Å². The monoisotopic (exact) mass is 341 g/mol. The fourth-order valence-electron chi connectivity index (χ4n) is 3.50. The molecule has 0 heterocycles. The van der Waals surface area contributed by atoms with Gasteiger partial charge in [-0.1, -0.05) is 30.3 Å². The number of hydrogen-bond acceptors (Lipinski definition) is 4. The van der Waals surface area contributed by atoms with Crippen LogP contribution in [0.5, 0.6) is 11.5 Å². The van der Waals surface area contributed by atoms with Crippen molar-refractivity contribution in [2.45, 2.75) is 44.4 Å². The van der Waals surface area contributed by atoms with Crippen molar-refractivity contribution < 1.29 is 14.9 Å². The van der Waals surface area contributed by atoms with E-state index in [2.05, 4.69) is 4.90 Å². The number of aromatic hydroxyl groups is 1. The first-order valence-corrected chi connectivity index (χ1v) is 9.08. The van der Waals surface area contributed by atoms with Crippen LogP contribution in [0.3, 0.4) is 0 Å². The van der Waals surface area contributed by atoms with E-state index in [-0.39, 0.29) is 6.10 Å². The number of ether oxygens (including phenoxy) is 1. The summed E-state index contributed by atoms with van der Waals surface area (Å²) in [5.41, 5.74) is 1.10. The van der Waals surface area contributed by atoms with Crippen LogP contribution in [0.2, 0.25) is 0 Å². The molecule has 0 unspecified atom stereocenters. The largest absolute Gasteiger partial charge is 0.508 e. The zero-order chi connectivity index (χ0) is 17.5. The van der Waals surface area contributed by atoms with E-state index in [9.17, 15) is 10.2 Å². The van der Waals surface area contributed by atoms with Crippen molar-refractivity contribution in [3.8, 4) is 11.5 Å². The summed E-state index contributed by atoms with van der Waals surface area (Å²) in [7, 11) is 0. The lowest BCUT2D eigenvalue weighted by Gasteiger charge is -2.35. The fourth-order valence-corrected chi connectivity index (χ4v) is 3.50. The highest BCUT2D eigenvalue weighted by Crippen LogP contribution is 2.25. The molecule has 1 saturated carbocycles. The molecule has 0 atom stereocenters. The minimum Gasteiger partial charge on any atom is -0.508 e. The Bertz CT molecular complexity index is 639. The van der Waals surface area contributed by atoms with E-state index < -0.39 is 0 Å². The van der Waals surface area contributed by atoms with Crippen molar-refractivity contribution in [2.24, 2.45) is 0 Å². The highest BCUT2D eigenvalue weighted by atomic mass is 16.5. The number of aliphatic hydroxyl groups excluding tert-OH is 1. The van der Waals surface area contributed by atoms with Crippen LogP contribution >= 0.6 is 0 Å². The minimum atomic E-state index is -0.153. The van der Waals surface area contributed by atoms with E-state index >= 15 is 0 Å². The predicted octanol–water partition coefficient (Wildman–Crippen LogP) is 3.58. The molecule has 0 radical (unpaired) electrons. The summed E-state index contributed by atoms with van der Waals surface area (Å²) in [6.07, 6.45) is 3.58. The van der Waals surface area contributed by atoms with Gasteiger partial charge in [-0.3, -0.25) is 4.90 Å². The number of aliphatic hydroxyl groups is 1. The van der Waals surface area contributed by atoms with Gasteiger partial charge in [-0.25, -0.2) is 0 Å². The third-order valence-corrected chi connectivity index (χ3v) is 4.87. The molecule has 0 aliphatic heterocycles. The van der Waals surface area contributed by atoms with Gasteiger partial charge in [0.1, 0.15) is 18.1 Å². The van der Waals surface area contributed by atoms with E-state index in [1.54, 1.807) is 6.07 Å². The Morgan fingerprint density at radius 2 is 1.72 bits per heavy atom. The second-order valence-electron chi connectivity index (χ2n) is 6.76. The van der Waals surface area contributed by atoms with Gasteiger partial charge in [0.2, 0.25) is 0 Å². The zero-order valence-electron chi connectivity index (χ0n) is 14.6. The molecule has 2 N–H and O–H groups in total. The van der Waals surface area contributed by atoms with Gasteiger partial charge < -0.3 is 14.9 Å². The minimum absolute atomic E-state index is 0.153. The third kappa shape index (κ3) is 5.48. The van der Waals surface area contributed by atoms with Gasteiger partial charge >= 0.3 is 0 Å². The lowest BCUT2D eigenvalue weighted by molar-refractivity contribution is 0.0632. The standard InChI is InChI=1S/C21H27NO3/c23-19-11-9-18(10-12-19)22(16-17-5-4-6-20(24)15-17)13-14-25-21-7-2-1-3-8-21/h1-8,15,18-19,23-24H,9-14,16H2. The van der Waals surface area contributed by atoms with Crippen LogP contribution in [-0.2, 0) is 6.54 Å². The highest BCUT2D eigenvalue weighted by molar-refractivity contribution is 5.27. The number of phenolic OH excluding ortho intramolecular Hbond substituents is 1. The fraction of sp³-hybridized carbons (Fsp3) is 0.429. The molecule has 1 fully saturated rings. The summed E-state index contributed by atoms with van der Waals surface area (Å²) in [5, 5.41) is 19.5. The first kappa shape index (κ1) is 17.8. The van der Waals surface area contributed by atoms with Crippen molar-refractivity contribution in [1.82, 2.24) is 4.90 Å². The summed E-state index contributed by atoms with van der Waals surface area (Å²) in [5.74, 6) is 1.19. The maximum Gasteiger partial charge on any atom is 0.119 e. The van der Waals surface area contributed by atoms with Crippen LogP contribution in [0.15, 0.2) is 54.6 Å². The SMILES string of the molecule is Oc1cccc(CN(CCOc2ccccc2)C2CCC(O)CC2)c1. The molecule has 2 aromatic rings. The van der Waals surface area contributed by atoms with Crippen LogP contribution < -0.4 is 4.74 Å². The van der Waals surface area contributed by atoms with E-state index in [0.717, 1.165) is 50.1 Å². The maximum atomic E-state index is 9.78. The van der Waals surface area contributed by atoms with E-state index in [0.29, 0.717) is 18.4 Å². The summed E-state index contributed by atoms with van der Waals surface area (Å²) in [6, 6.07) is 17.8. The number of para-hydroxylation sites is 1. The Morgan fingerprint density at radius 3 is 2.44 bits per heavy atom. The Labute approximate surface area is 149 Å². The van der Waals surface area contributed by atoms with Crippen LogP contribution in [0, 0.1) is 0 Å². The van der Waals surface area contributed by atoms with Gasteiger partial charge in [0, 0.05) is 19.1 Å². The lowest BCUT2D eigenvalue weighted by Crippen LogP contribution is -2.40. The van der Waals surface area contributed by atoms with E-state index in [1.807, 2.05) is 48.5 Å². The van der Waals surface area contributed by atoms with Crippen molar-refractivity contribution >= 4 is 0 Å². The molecule has 2 aromatic carbocycles. The van der Waals surface area contributed by atoms with Gasteiger partial charge in [-0.2, -0.15) is 0 Å². The van der Waals surface area contributed by atoms with Gasteiger partial charge in [-0.15, -0.1) is 0 Å². The predicted molar refractivity (Wildman–Crippen MR) is 98.7 cm³/mol. The number of nitrogens with zero attached hydrogens (tertiary/aromatic N) is 1. The van der Waals surface area contributed by atoms with Crippen LogP contribution in [0.1, 0.15) is 31.2 Å². The Hall–Kier alpha value is -2.04. The van der Waals surface area contributed by atoms with Crippen LogP contribution in [0.4, 0.5) is 0 Å². The number of phenols is 1. The second-order valence-corrected chi connectivity index (χ2v) is 6.76. The molecule has 25 heavy (non-hydrogen) atoms. The van der Waals surface area contributed by atoms with Crippen molar-refractivity contribution in [3.63, 3.8) is 0 Å². The summed E-state index contributed by atoms with van der Waals surface area (Å²) >= 11 is 0. The number of rotatable bonds is 7. The smallest absolute Gasteiger partial charge is 0.119 e. The molecule has 4 nitrogen and oxygen atoms in total. The van der Waals surface area contributed by atoms with E-state index in [4.69, 9.17) is 4.74 Å². The summed E-state index contributed by atoms with van der Waals surface area (Å²) in [6.45, 7) is 2.24. The molecule has 0 aromatic heterocycles. The Morgan fingerprint density at radius 1 is 0.960 bits per heavy atom. The number of benzene rings is 2. The molecule has 0 bridgehead atoms.